The topological polar surface area (TPSA) is 35.6 Å². The minimum atomic E-state index is 0.723. The molecule has 270 valence electrons. The average molecular weight is 775 g/mol. The van der Waals surface area contributed by atoms with E-state index in [0.717, 1.165) is 49.5 Å². The van der Waals surface area contributed by atoms with Gasteiger partial charge in [-0.1, -0.05) is 139 Å². The lowest BCUT2D eigenvalue weighted by atomic mass is 9.97. The van der Waals surface area contributed by atoms with Crippen LogP contribution in [0.3, 0.4) is 0 Å². The molecule has 4 aromatic heterocycles. The lowest BCUT2D eigenvalue weighted by Gasteiger charge is -2.21. The molecule has 12 aromatic rings. The molecule has 0 fully saturated rings. The second-order valence-electron chi connectivity index (χ2n) is 14.9. The van der Waals surface area contributed by atoms with Crippen LogP contribution >= 0.6 is 23.1 Å². The number of hydrogen-bond acceptors (Lipinski definition) is 4. The molecule has 0 amide bonds. The van der Waals surface area contributed by atoms with Crippen LogP contribution in [-0.2, 0) is 0 Å². The minimum absolute atomic E-state index is 0.723. The molecule has 0 N–H and O–H groups in total. The van der Waals surface area contributed by atoms with Gasteiger partial charge in [-0.2, -0.15) is 0 Å². The fourth-order valence-electron chi connectivity index (χ4n) is 9.18. The second-order valence-corrected chi connectivity index (χ2v) is 17.1. The minimum Gasteiger partial charge on any atom is -0.295 e. The molecule has 0 atom stereocenters. The first-order valence-corrected chi connectivity index (χ1v) is 21.1. The first-order chi connectivity index (χ1) is 28.8. The van der Waals surface area contributed by atoms with Crippen molar-refractivity contribution in [2.75, 3.05) is 0 Å². The Labute approximate surface area is 341 Å². The summed E-state index contributed by atoms with van der Waals surface area (Å²) >= 11 is 3.63. The molecule has 5 heterocycles. The van der Waals surface area contributed by atoms with Gasteiger partial charge in [-0.15, -0.1) is 11.3 Å². The highest BCUT2D eigenvalue weighted by molar-refractivity contribution is 7.99. The summed E-state index contributed by atoms with van der Waals surface area (Å²) in [6, 6.07) is 65.7. The van der Waals surface area contributed by atoms with Crippen LogP contribution in [-0.4, -0.2) is 19.1 Å². The van der Waals surface area contributed by atoms with Crippen LogP contribution < -0.4 is 0 Å². The van der Waals surface area contributed by atoms with Gasteiger partial charge in [0.1, 0.15) is 5.65 Å². The molecular weight excluding hydrogens is 745 g/mol. The number of rotatable bonds is 4. The Hall–Kier alpha value is -6.99. The van der Waals surface area contributed by atoms with Gasteiger partial charge in [-0.25, -0.2) is 9.97 Å². The van der Waals surface area contributed by atoms with Crippen LogP contribution in [0.25, 0.3) is 109 Å². The number of nitrogens with zero attached hydrogens (tertiary/aromatic N) is 4. The third kappa shape index (κ3) is 4.58. The largest absolute Gasteiger partial charge is 0.295 e. The predicted octanol–water partition coefficient (Wildman–Crippen LogP) is 14.5. The summed E-state index contributed by atoms with van der Waals surface area (Å²) in [7, 11) is 0. The average Bonchev–Trinajstić information content (AvgIpc) is 3.95. The standard InChI is InChI=1S/C52H30N4S2/c1-2-17-36(18-3-1)55-41-23-11-20-37(45(41)46-39-21-12-26-44-49(39)56(52(46)55)40-22-7-9-25-43(40)57-44)33-15-10-16-35(30-33)51-53-47(34-28-27-31-13-4-5-14-32(31)29-34)50-48(54-51)38-19-6-8-24-42(38)58-50/h1-30H. The van der Waals surface area contributed by atoms with Gasteiger partial charge < -0.3 is 0 Å². The van der Waals surface area contributed by atoms with Crippen molar-refractivity contribution in [2.45, 2.75) is 9.79 Å². The van der Waals surface area contributed by atoms with Crippen molar-refractivity contribution in [3.8, 4) is 45.1 Å². The Morgan fingerprint density at radius 3 is 2.19 bits per heavy atom. The van der Waals surface area contributed by atoms with Crippen LogP contribution in [0.15, 0.2) is 192 Å². The van der Waals surface area contributed by atoms with Gasteiger partial charge in [0.05, 0.1) is 32.6 Å². The predicted molar refractivity (Wildman–Crippen MR) is 244 cm³/mol. The zero-order chi connectivity index (χ0) is 37.9. The molecule has 1 aliphatic heterocycles. The highest BCUT2D eigenvalue weighted by atomic mass is 32.2. The lowest BCUT2D eigenvalue weighted by Crippen LogP contribution is -2.05. The number of hydrogen-bond donors (Lipinski definition) is 0. The van der Waals surface area contributed by atoms with E-state index in [2.05, 4.69) is 191 Å². The van der Waals surface area contributed by atoms with Crippen molar-refractivity contribution >= 4 is 87.0 Å². The van der Waals surface area contributed by atoms with E-state index >= 15 is 0 Å². The van der Waals surface area contributed by atoms with Crippen molar-refractivity contribution < 1.29 is 0 Å². The number of fused-ring (bicyclic) bond motifs is 11. The fourth-order valence-corrected chi connectivity index (χ4v) is 11.4. The maximum absolute atomic E-state index is 5.42. The summed E-state index contributed by atoms with van der Waals surface area (Å²) < 4.78 is 7.29. The summed E-state index contributed by atoms with van der Waals surface area (Å²) in [5.41, 5.74) is 12.3. The third-order valence-electron chi connectivity index (χ3n) is 11.7. The molecule has 0 bridgehead atoms. The monoisotopic (exact) mass is 774 g/mol. The number of para-hydroxylation sites is 3. The van der Waals surface area contributed by atoms with Crippen LogP contribution in [0, 0.1) is 0 Å². The zero-order valence-electron chi connectivity index (χ0n) is 30.9. The van der Waals surface area contributed by atoms with E-state index in [-0.39, 0.29) is 0 Å². The van der Waals surface area contributed by atoms with E-state index in [1.165, 1.54) is 69.4 Å². The van der Waals surface area contributed by atoms with Crippen molar-refractivity contribution in [2.24, 2.45) is 0 Å². The fraction of sp³-hybridized carbons (Fsp3) is 0. The van der Waals surface area contributed by atoms with E-state index in [1.807, 2.05) is 11.8 Å². The highest BCUT2D eigenvalue weighted by Crippen LogP contribution is 2.51. The van der Waals surface area contributed by atoms with Crippen molar-refractivity contribution in [1.82, 2.24) is 19.1 Å². The van der Waals surface area contributed by atoms with Crippen molar-refractivity contribution in [1.29, 1.82) is 0 Å². The van der Waals surface area contributed by atoms with E-state index < -0.39 is 0 Å². The van der Waals surface area contributed by atoms with Crippen LogP contribution in [0.5, 0.6) is 0 Å². The molecular formula is C52H30N4S2. The van der Waals surface area contributed by atoms with Gasteiger partial charge in [-0.3, -0.25) is 9.13 Å². The van der Waals surface area contributed by atoms with Crippen LogP contribution in [0.1, 0.15) is 0 Å². The lowest BCUT2D eigenvalue weighted by molar-refractivity contribution is 1.03. The van der Waals surface area contributed by atoms with Gasteiger partial charge >= 0.3 is 0 Å². The summed E-state index contributed by atoms with van der Waals surface area (Å²) in [6.45, 7) is 0. The van der Waals surface area contributed by atoms with E-state index in [4.69, 9.17) is 9.97 Å². The number of aromatic nitrogens is 4. The normalized spacial score (nSPS) is 12.4. The van der Waals surface area contributed by atoms with E-state index in [0.29, 0.717) is 0 Å². The van der Waals surface area contributed by atoms with E-state index in [9.17, 15) is 0 Å². The number of benzene rings is 8. The quantitative estimate of drug-likeness (QED) is 0.179. The molecule has 0 spiro atoms. The Morgan fingerprint density at radius 2 is 1.24 bits per heavy atom. The molecule has 13 rings (SSSR count). The Morgan fingerprint density at radius 1 is 0.483 bits per heavy atom. The first kappa shape index (κ1) is 32.1. The SMILES string of the molecule is c1ccc(-n2c3cccc(-c4cccc(-c5nc(-c6ccc7ccccc7c6)c6sc7ccccc7c6n5)c4)c3c3c4cccc5c4n(c32)-c2ccccc2S5)cc1. The smallest absolute Gasteiger partial charge is 0.160 e. The molecule has 58 heavy (non-hydrogen) atoms. The maximum atomic E-state index is 5.42. The van der Waals surface area contributed by atoms with Crippen molar-refractivity contribution in [3.63, 3.8) is 0 Å². The van der Waals surface area contributed by atoms with Gasteiger partial charge in [0.2, 0.25) is 0 Å². The Bertz CT molecular complexity index is 3670. The Kier molecular flexibility index (Phi) is 6.79. The van der Waals surface area contributed by atoms with Gasteiger partial charge in [0, 0.05) is 52.9 Å². The summed E-state index contributed by atoms with van der Waals surface area (Å²) in [4.78, 5) is 13.3. The highest BCUT2D eigenvalue weighted by Gasteiger charge is 2.29. The molecule has 1 aliphatic rings. The molecule has 0 aliphatic carbocycles. The summed E-state index contributed by atoms with van der Waals surface area (Å²) in [5, 5.41) is 7.33. The summed E-state index contributed by atoms with van der Waals surface area (Å²) in [5.74, 6) is 0.723. The molecule has 4 nitrogen and oxygen atoms in total. The van der Waals surface area contributed by atoms with Gasteiger partial charge in [0.25, 0.3) is 0 Å². The number of thiophene rings is 1. The second kappa shape index (κ2) is 12.3. The van der Waals surface area contributed by atoms with Crippen LogP contribution in [0.2, 0.25) is 0 Å². The molecule has 0 saturated heterocycles. The van der Waals surface area contributed by atoms with Gasteiger partial charge in [0.15, 0.2) is 5.82 Å². The molecule has 6 heteroatoms. The molecule has 0 saturated carbocycles. The maximum Gasteiger partial charge on any atom is 0.160 e. The van der Waals surface area contributed by atoms with Gasteiger partial charge in [-0.05, 0) is 76.5 Å². The molecule has 0 radical (unpaired) electrons. The first-order valence-electron chi connectivity index (χ1n) is 19.5. The zero-order valence-corrected chi connectivity index (χ0v) is 32.6. The molecule has 8 aromatic carbocycles. The summed E-state index contributed by atoms with van der Waals surface area (Å²) in [6.07, 6.45) is 0. The Balaban J connectivity index is 1.08. The third-order valence-corrected chi connectivity index (χ3v) is 14.0. The van der Waals surface area contributed by atoms with Crippen molar-refractivity contribution in [3.05, 3.63) is 182 Å². The van der Waals surface area contributed by atoms with Crippen LogP contribution in [0.4, 0.5) is 0 Å². The van der Waals surface area contributed by atoms with E-state index in [1.54, 1.807) is 11.3 Å². The molecule has 0 unspecified atom stereocenters.